The van der Waals surface area contributed by atoms with Gasteiger partial charge < -0.3 is 10.6 Å². The number of allylic oxidation sites excluding steroid dienone is 2. The molecule has 0 atom stereocenters. The summed E-state index contributed by atoms with van der Waals surface area (Å²) in [6, 6.07) is 0. The number of hydrogen-bond donors (Lipinski definition) is 2. The van der Waals surface area contributed by atoms with Crippen LogP contribution < -0.4 is 10.6 Å². The third-order valence-corrected chi connectivity index (χ3v) is 4.43. The van der Waals surface area contributed by atoms with E-state index in [1.54, 1.807) is 13.1 Å². The average Bonchev–Trinajstić information content (AvgIpc) is 2.71. The molecule has 164 valence electrons. The van der Waals surface area contributed by atoms with E-state index in [0.29, 0.717) is 18.7 Å². The van der Waals surface area contributed by atoms with Crippen LogP contribution in [-0.2, 0) is 4.79 Å². The zero-order chi connectivity index (χ0) is 21.8. The van der Waals surface area contributed by atoms with E-state index in [-0.39, 0.29) is 8.43 Å². The minimum Gasteiger partial charge on any atom is -0.312 e. The van der Waals surface area contributed by atoms with Crippen molar-refractivity contribution in [3.8, 4) is 0 Å². The van der Waals surface area contributed by atoms with E-state index < -0.39 is 11.7 Å². The van der Waals surface area contributed by atoms with Crippen molar-refractivity contribution in [1.29, 1.82) is 0 Å². The fraction of sp³-hybridized carbons (Fsp3) is 0.522. The number of carbonyl (C=O) groups excluding carboxylic acids is 1. The molecule has 0 unspecified atom stereocenters. The Morgan fingerprint density at radius 1 is 1.17 bits per heavy atom. The summed E-state index contributed by atoms with van der Waals surface area (Å²) in [6.45, 7) is 13.9. The van der Waals surface area contributed by atoms with Crippen molar-refractivity contribution in [2.45, 2.75) is 67.2 Å². The molecule has 0 bridgehead atoms. The molecule has 1 aromatic heterocycles. The largest absolute Gasteiger partial charge is 0.312 e. The third kappa shape index (κ3) is 7.20. The van der Waals surface area contributed by atoms with E-state index in [9.17, 15) is 9.18 Å². The van der Waals surface area contributed by atoms with Crippen LogP contribution in [-0.4, -0.2) is 29.0 Å². The maximum absolute atomic E-state index is 13.9. The topological polar surface area (TPSA) is 66.9 Å². The van der Waals surface area contributed by atoms with Gasteiger partial charge in [0, 0.05) is 9.40 Å². The first kappa shape index (κ1) is 24.7. The highest BCUT2D eigenvalue weighted by Crippen LogP contribution is 2.27. The van der Waals surface area contributed by atoms with E-state index in [1.165, 1.54) is 24.3 Å². The van der Waals surface area contributed by atoms with Gasteiger partial charge in [0.1, 0.15) is 5.83 Å². The standard InChI is InChI=1S/C18H21FN4O.C3H8.C2H6.2H2/c1-11-6-7-20-8-13(11)15-9-22-16(10-21-15)23-18(24)17-12(2)4-3-5-14(17)19;1-3-2;1-2;;/h5,9-10,20H,3-4,6-8H2,1-2H3,(H,22,23,24);3H2,1-2H3;1-2H3;2*1H. The second-order valence-electron chi connectivity index (χ2n) is 6.88. The van der Waals surface area contributed by atoms with Gasteiger partial charge in [-0.3, -0.25) is 9.78 Å². The molecule has 29 heavy (non-hydrogen) atoms. The Hall–Kier alpha value is -2.34. The third-order valence-electron chi connectivity index (χ3n) is 4.43. The fourth-order valence-electron chi connectivity index (χ4n) is 2.98. The van der Waals surface area contributed by atoms with E-state index in [4.69, 9.17) is 0 Å². The van der Waals surface area contributed by atoms with Crippen molar-refractivity contribution in [1.82, 2.24) is 15.3 Å². The molecule has 2 N–H and O–H groups in total. The number of anilines is 1. The molecule has 1 aromatic rings. The lowest BCUT2D eigenvalue weighted by Gasteiger charge is -2.18. The fourth-order valence-corrected chi connectivity index (χ4v) is 2.98. The van der Waals surface area contributed by atoms with Crippen molar-refractivity contribution in [2.75, 3.05) is 18.4 Å². The van der Waals surface area contributed by atoms with Crippen molar-refractivity contribution in [2.24, 2.45) is 0 Å². The number of halogens is 1. The summed E-state index contributed by atoms with van der Waals surface area (Å²) in [5.41, 5.74) is 4.12. The molecule has 1 aliphatic carbocycles. The predicted octanol–water partition coefficient (Wildman–Crippen LogP) is 6.08. The Morgan fingerprint density at radius 2 is 1.86 bits per heavy atom. The summed E-state index contributed by atoms with van der Waals surface area (Å²) in [5.74, 6) is -0.614. The van der Waals surface area contributed by atoms with Crippen LogP contribution in [0.15, 0.2) is 41.0 Å². The van der Waals surface area contributed by atoms with Gasteiger partial charge in [-0.05, 0) is 51.3 Å². The van der Waals surface area contributed by atoms with Gasteiger partial charge in [-0.15, -0.1) is 0 Å². The van der Waals surface area contributed by atoms with Gasteiger partial charge in [0.05, 0.1) is 23.7 Å². The second kappa shape index (κ2) is 13.0. The first-order chi connectivity index (χ1) is 14.0. The number of amides is 1. The lowest BCUT2D eigenvalue weighted by atomic mass is 9.97. The number of carbonyl (C=O) groups is 1. The van der Waals surface area contributed by atoms with E-state index in [1.807, 2.05) is 13.8 Å². The number of aromatic nitrogens is 2. The molecule has 3 rings (SSSR count). The second-order valence-corrected chi connectivity index (χ2v) is 6.88. The van der Waals surface area contributed by atoms with Gasteiger partial charge in [0.2, 0.25) is 0 Å². The summed E-state index contributed by atoms with van der Waals surface area (Å²) in [5, 5.41) is 5.94. The van der Waals surface area contributed by atoms with E-state index in [0.717, 1.165) is 36.4 Å². The molecule has 0 aromatic carbocycles. The van der Waals surface area contributed by atoms with Gasteiger partial charge in [-0.1, -0.05) is 45.3 Å². The van der Waals surface area contributed by atoms with Crippen molar-refractivity contribution in [3.05, 3.63) is 46.7 Å². The highest BCUT2D eigenvalue weighted by atomic mass is 19.1. The highest BCUT2D eigenvalue weighted by molar-refractivity contribution is 6.06. The Morgan fingerprint density at radius 3 is 2.41 bits per heavy atom. The zero-order valence-corrected chi connectivity index (χ0v) is 18.7. The van der Waals surface area contributed by atoms with Crippen molar-refractivity contribution in [3.63, 3.8) is 0 Å². The van der Waals surface area contributed by atoms with Crippen LogP contribution in [0.25, 0.3) is 5.57 Å². The molecule has 2 heterocycles. The Kier molecular flexibility index (Phi) is 11.1. The number of rotatable bonds is 3. The maximum Gasteiger partial charge on any atom is 0.259 e. The first-order valence-electron chi connectivity index (χ1n) is 10.6. The molecule has 1 aliphatic heterocycles. The molecule has 2 aliphatic rings. The first-order valence-corrected chi connectivity index (χ1v) is 10.6. The summed E-state index contributed by atoms with van der Waals surface area (Å²) < 4.78 is 13.9. The van der Waals surface area contributed by atoms with Crippen LogP contribution in [0, 0.1) is 0 Å². The molecule has 0 spiro atoms. The monoisotopic (exact) mass is 406 g/mol. The molecule has 0 fully saturated rings. The molecule has 0 saturated heterocycles. The van der Waals surface area contributed by atoms with Gasteiger partial charge in [-0.2, -0.15) is 0 Å². The van der Waals surface area contributed by atoms with Crippen molar-refractivity contribution < 1.29 is 12.0 Å². The van der Waals surface area contributed by atoms with Gasteiger partial charge >= 0.3 is 0 Å². The van der Waals surface area contributed by atoms with E-state index >= 15 is 0 Å². The Labute approximate surface area is 177 Å². The van der Waals surface area contributed by atoms with Gasteiger partial charge in [-0.25, -0.2) is 9.37 Å². The summed E-state index contributed by atoms with van der Waals surface area (Å²) >= 11 is 0. The predicted molar refractivity (Wildman–Crippen MR) is 123 cm³/mol. The lowest BCUT2D eigenvalue weighted by Crippen LogP contribution is -2.24. The van der Waals surface area contributed by atoms with Crippen LogP contribution in [0.4, 0.5) is 10.2 Å². The molecule has 1 amide bonds. The SMILES string of the molecule is CC.CC1=C(C(=O)Nc2cnc(C3=C(C)CCNC3)cn2)C(F)=CCC1.CCC.[HH].[HH]. The summed E-state index contributed by atoms with van der Waals surface area (Å²) in [7, 11) is 0. The highest BCUT2D eigenvalue weighted by Gasteiger charge is 2.21. The van der Waals surface area contributed by atoms with Gasteiger partial charge in [0.25, 0.3) is 5.91 Å². The molecular weight excluding hydrogens is 367 g/mol. The normalized spacial score (nSPS) is 16.2. The van der Waals surface area contributed by atoms with Crippen LogP contribution in [0.3, 0.4) is 0 Å². The molecule has 0 radical (unpaired) electrons. The number of hydrogen-bond acceptors (Lipinski definition) is 4. The van der Waals surface area contributed by atoms with Crippen LogP contribution in [0.5, 0.6) is 0 Å². The molecule has 6 heteroatoms. The van der Waals surface area contributed by atoms with Crippen LogP contribution in [0.1, 0.15) is 75.8 Å². The summed E-state index contributed by atoms with van der Waals surface area (Å²) in [6.07, 6.45) is 8.18. The minimum absolute atomic E-state index is 0. The lowest BCUT2D eigenvalue weighted by molar-refractivity contribution is -0.112. The summed E-state index contributed by atoms with van der Waals surface area (Å²) in [4.78, 5) is 20.9. The van der Waals surface area contributed by atoms with Crippen molar-refractivity contribution >= 4 is 17.3 Å². The smallest absolute Gasteiger partial charge is 0.259 e. The minimum atomic E-state index is -0.474. The molecular formula is C23H39FN4O. The zero-order valence-electron chi connectivity index (χ0n) is 18.7. The molecule has 0 saturated carbocycles. The number of nitrogens with one attached hydrogen (secondary N) is 2. The number of nitrogens with zero attached hydrogens (tertiary/aromatic N) is 2. The Balaban J connectivity index is 0. The van der Waals surface area contributed by atoms with Gasteiger partial charge in [0.15, 0.2) is 5.82 Å². The maximum atomic E-state index is 13.9. The van der Waals surface area contributed by atoms with E-state index in [2.05, 4.69) is 41.4 Å². The Bertz CT molecular complexity index is 774. The molecule has 5 nitrogen and oxygen atoms in total. The van der Waals surface area contributed by atoms with Crippen LogP contribution >= 0.6 is 0 Å². The quantitative estimate of drug-likeness (QED) is 0.638. The average molecular weight is 407 g/mol. The van der Waals surface area contributed by atoms with Crippen LogP contribution in [0.2, 0.25) is 0 Å².